The number of aryl methyl sites for hydroxylation is 1. The van der Waals surface area contributed by atoms with Crippen LogP contribution in [-0.4, -0.2) is 68.6 Å². The van der Waals surface area contributed by atoms with Crippen molar-refractivity contribution in [2.75, 3.05) is 11.5 Å². The van der Waals surface area contributed by atoms with Crippen molar-refractivity contribution in [1.82, 2.24) is 0 Å². The molecule has 5 rings (SSSR count). The summed E-state index contributed by atoms with van der Waals surface area (Å²) in [6.07, 6.45) is -4.79. The Balaban J connectivity index is 1.27. The zero-order valence-electron chi connectivity index (χ0n) is 22.5. The van der Waals surface area contributed by atoms with Crippen LogP contribution < -0.4 is 4.90 Å². The second-order valence-corrected chi connectivity index (χ2v) is 10.9. The Morgan fingerprint density at radius 1 is 0.829 bits per heavy atom. The van der Waals surface area contributed by atoms with E-state index in [1.165, 1.54) is 12.1 Å². The normalized spacial score (nSPS) is 28.8. The number of hydrogen-bond donors (Lipinski definition) is 5. The SMILES string of the molecule is O=C1C(CCC(O)c2ccc(F)cc2)C(c2ccc(CCC3OC(CO)C(O)C(O)C3O)cc2)N1c1ccccc1. The number of ether oxygens (including phenoxy) is 1. The van der Waals surface area contributed by atoms with E-state index in [1.807, 2.05) is 54.6 Å². The number of para-hydroxylation sites is 1. The number of aliphatic hydroxyl groups excluding tert-OH is 5. The number of aliphatic hydroxyl groups is 5. The van der Waals surface area contributed by atoms with E-state index in [9.17, 15) is 34.7 Å². The summed E-state index contributed by atoms with van der Waals surface area (Å²) in [5.74, 6) is -0.713. The van der Waals surface area contributed by atoms with E-state index in [4.69, 9.17) is 4.74 Å². The number of benzene rings is 3. The molecular weight excluding hydrogens is 529 g/mol. The monoisotopic (exact) mass is 565 g/mol. The molecule has 2 fully saturated rings. The summed E-state index contributed by atoms with van der Waals surface area (Å²) in [5, 5.41) is 50.5. The summed E-state index contributed by atoms with van der Waals surface area (Å²) in [4.78, 5) is 15.1. The molecule has 8 unspecified atom stereocenters. The Labute approximate surface area is 238 Å². The maximum absolute atomic E-state index is 13.3. The molecule has 2 aliphatic heterocycles. The van der Waals surface area contributed by atoms with Gasteiger partial charge in [-0.05, 0) is 66.6 Å². The van der Waals surface area contributed by atoms with Gasteiger partial charge in [0.1, 0.15) is 30.2 Å². The smallest absolute Gasteiger partial charge is 0.233 e. The first-order chi connectivity index (χ1) is 19.8. The molecule has 8 nitrogen and oxygen atoms in total. The van der Waals surface area contributed by atoms with Crippen LogP contribution in [-0.2, 0) is 16.0 Å². The van der Waals surface area contributed by atoms with E-state index in [0.29, 0.717) is 31.2 Å². The molecule has 0 aliphatic carbocycles. The minimum atomic E-state index is -1.40. The molecule has 1 amide bonds. The number of nitrogens with zero attached hydrogens (tertiary/aromatic N) is 1. The zero-order chi connectivity index (χ0) is 29.1. The molecule has 2 aliphatic rings. The van der Waals surface area contributed by atoms with Gasteiger partial charge in [-0.1, -0.05) is 54.6 Å². The number of anilines is 1. The Morgan fingerprint density at radius 3 is 2.15 bits per heavy atom. The van der Waals surface area contributed by atoms with Gasteiger partial charge in [0.2, 0.25) is 5.91 Å². The molecule has 3 aromatic rings. The highest BCUT2D eigenvalue weighted by molar-refractivity contribution is 6.03. The highest BCUT2D eigenvalue weighted by Gasteiger charge is 2.48. The standard InChI is InChI=1S/C32H36FNO7/c33-22-13-11-20(12-14-22)25(36)16-15-24-28(34(32(24)40)23-4-2-1-3-5-23)21-9-6-19(7-10-21)8-17-26-29(37)31(39)30(38)27(18-35)41-26/h1-7,9-14,24-31,35-39H,8,15-18H2. The van der Waals surface area contributed by atoms with Gasteiger partial charge in [-0.3, -0.25) is 4.79 Å². The number of carbonyl (C=O) groups excluding carboxylic acids is 1. The van der Waals surface area contributed by atoms with Crippen molar-refractivity contribution in [2.24, 2.45) is 5.92 Å². The van der Waals surface area contributed by atoms with Gasteiger partial charge in [-0.25, -0.2) is 4.39 Å². The lowest BCUT2D eigenvalue weighted by Gasteiger charge is -2.48. The van der Waals surface area contributed by atoms with E-state index in [2.05, 4.69) is 0 Å². The molecule has 0 radical (unpaired) electrons. The van der Waals surface area contributed by atoms with Gasteiger partial charge >= 0.3 is 0 Å². The second kappa shape index (κ2) is 12.8. The molecule has 218 valence electrons. The third-order valence-corrected chi connectivity index (χ3v) is 8.28. The van der Waals surface area contributed by atoms with Crippen molar-refractivity contribution in [1.29, 1.82) is 0 Å². The van der Waals surface area contributed by atoms with Gasteiger partial charge < -0.3 is 35.2 Å². The topological polar surface area (TPSA) is 131 Å². The first kappa shape index (κ1) is 29.3. The van der Waals surface area contributed by atoms with Crippen molar-refractivity contribution < 1.29 is 39.5 Å². The molecule has 9 heteroatoms. The summed E-state index contributed by atoms with van der Waals surface area (Å²) in [6, 6.07) is 22.8. The predicted octanol–water partition coefficient (Wildman–Crippen LogP) is 2.82. The van der Waals surface area contributed by atoms with Crippen LogP contribution in [0.25, 0.3) is 0 Å². The minimum absolute atomic E-state index is 0.0146. The fourth-order valence-corrected chi connectivity index (χ4v) is 5.88. The molecule has 8 atom stereocenters. The lowest BCUT2D eigenvalue weighted by Crippen LogP contribution is -2.58. The summed E-state index contributed by atoms with van der Waals surface area (Å²) >= 11 is 0. The van der Waals surface area contributed by atoms with Crippen LogP contribution >= 0.6 is 0 Å². The molecular formula is C32H36FNO7. The Kier molecular flexibility index (Phi) is 9.13. The average Bonchev–Trinajstić information content (AvgIpc) is 2.99. The molecule has 41 heavy (non-hydrogen) atoms. The maximum atomic E-state index is 13.3. The second-order valence-electron chi connectivity index (χ2n) is 10.9. The van der Waals surface area contributed by atoms with E-state index >= 15 is 0 Å². The Morgan fingerprint density at radius 2 is 1.49 bits per heavy atom. The molecule has 3 aromatic carbocycles. The van der Waals surface area contributed by atoms with Gasteiger partial charge in [0.25, 0.3) is 0 Å². The fraction of sp³-hybridized carbons (Fsp3) is 0.406. The highest BCUT2D eigenvalue weighted by atomic mass is 19.1. The molecule has 0 spiro atoms. The van der Waals surface area contributed by atoms with E-state index in [1.54, 1.807) is 17.0 Å². The van der Waals surface area contributed by atoms with Gasteiger partial charge in [0, 0.05) is 5.69 Å². The van der Waals surface area contributed by atoms with E-state index < -0.39 is 43.2 Å². The number of β-lactam (4-membered cyclic amide) rings is 1. The van der Waals surface area contributed by atoms with Crippen LogP contribution in [0.4, 0.5) is 10.1 Å². The Hall–Kier alpha value is -3.18. The molecule has 2 saturated heterocycles. The third-order valence-electron chi connectivity index (χ3n) is 8.28. The van der Waals surface area contributed by atoms with Crippen LogP contribution in [0.1, 0.15) is 48.1 Å². The van der Waals surface area contributed by atoms with Crippen LogP contribution in [0.2, 0.25) is 0 Å². The molecule has 0 bridgehead atoms. The quantitative estimate of drug-likeness (QED) is 0.239. The van der Waals surface area contributed by atoms with Crippen molar-refractivity contribution >= 4 is 11.6 Å². The average molecular weight is 566 g/mol. The van der Waals surface area contributed by atoms with Gasteiger partial charge in [-0.2, -0.15) is 0 Å². The first-order valence-corrected chi connectivity index (χ1v) is 14.0. The highest BCUT2D eigenvalue weighted by Crippen LogP contribution is 2.46. The zero-order valence-corrected chi connectivity index (χ0v) is 22.5. The van der Waals surface area contributed by atoms with Crippen molar-refractivity contribution in [3.8, 4) is 0 Å². The van der Waals surface area contributed by atoms with Crippen molar-refractivity contribution in [3.63, 3.8) is 0 Å². The summed E-state index contributed by atoms with van der Waals surface area (Å²) in [5.41, 5.74) is 3.32. The number of carbonyl (C=O) groups is 1. The molecule has 0 saturated carbocycles. The fourth-order valence-electron chi connectivity index (χ4n) is 5.88. The van der Waals surface area contributed by atoms with Crippen molar-refractivity contribution in [2.45, 2.75) is 68.3 Å². The first-order valence-electron chi connectivity index (χ1n) is 14.0. The van der Waals surface area contributed by atoms with Crippen molar-refractivity contribution in [3.05, 3.63) is 101 Å². The van der Waals surface area contributed by atoms with Crippen LogP contribution in [0, 0.1) is 11.7 Å². The van der Waals surface area contributed by atoms with Crippen LogP contribution in [0.5, 0.6) is 0 Å². The molecule has 2 heterocycles. The lowest BCUT2D eigenvalue weighted by molar-refractivity contribution is -0.230. The van der Waals surface area contributed by atoms with Crippen LogP contribution in [0.3, 0.4) is 0 Å². The van der Waals surface area contributed by atoms with E-state index in [0.717, 1.165) is 16.8 Å². The predicted molar refractivity (Wildman–Crippen MR) is 149 cm³/mol. The summed E-state index contributed by atoms with van der Waals surface area (Å²) in [6.45, 7) is -0.462. The minimum Gasteiger partial charge on any atom is -0.394 e. The number of hydrogen-bond acceptors (Lipinski definition) is 7. The molecule has 5 N–H and O–H groups in total. The van der Waals surface area contributed by atoms with Gasteiger partial charge in [0.05, 0.1) is 30.8 Å². The third kappa shape index (κ3) is 6.21. The number of amides is 1. The van der Waals surface area contributed by atoms with Gasteiger partial charge in [0.15, 0.2) is 0 Å². The number of halogens is 1. The lowest BCUT2D eigenvalue weighted by atomic mass is 9.78. The summed E-state index contributed by atoms with van der Waals surface area (Å²) < 4.78 is 18.9. The molecule has 0 aromatic heterocycles. The van der Waals surface area contributed by atoms with Crippen LogP contribution in [0.15, 0.2) is 78.9 Å². The summed E-state index contributed by atoms with van der Waals surface area (Å²) in [7, 11) is 0. The number of rotatable bonds is 10. The maximum Gasteiger partial charge on any atom is 0.233 e. The van der Waals surface area contributed by atoms with Gasteiger partial charge in [-0.15, -0.1) is 0 Å². The largest absolute Gasteiger partial charge is 0.394 e. The Bertz CT molecular complexity index is 1290. The van der Waals surface area contributed by atoms with E-state index in [-0.39, 0.29) is 23.7 Å².